The molecule has 0 unspecified atom stereocenters. The Balaban J connectivity index is 1.83. The summed E-state index contributed by atoms with van der Waals surface area (Å²) in [7, 11) is -3.70. The van der Waals surface area contributed by atoms with Crippen molar-refractivity contribution in [2.75, 3.05) is 19.6 Å². The summed E-state index contributed by atoms with van der Waals surface area (Å²) in [5.74, 6) is 0.324. The summed E-state index contributed by atoms with van der Waals surface area (Å²) in [6.45, 7) is 5.57. The van der Waals surface area contributed by atoms with Crippen LogP contribution in [-0.4, -0.2) is 44.0 Å². The lowest BCUT2D eigenvalue weighted by molar-refractivity contribution is 0.186. The van der Waals surface area contributed by atoms with Gasteiger partial charge in [-0.15, -0.1) is 0 Å². The van der Waals surface area contributed by atoms with Gasteiger partial charge in [0, 0.05) is 32.0 Å². The van der Waals surface area contributed by atoms with Gasteiger partial charge in [0.1, 0.15) is 5.25 Å². The maximum Gasteiger partial charge on any atom is 0.317 e. The minimum atomic E-state index is -3.70. The highest BCUT2D eigenvalue weighted by molar-refractivity contribution is 7.91. The maximum atomic E-state index is 13.4. The number of hydrogen-bond acceptors (Lipinski definition) is 4. The third-order valence-electron chi connectivity index (χ3n) is 5.39. The Labute approximate surface area is 173 Å². The average Bonchev–Trinajstić information content (AvgIpc) is 2.75. The van der Waals surface area contributed by atoms with Crippen molar-refractivity contribution < 1.29 is 13.2 Å². The highest BCUT2D eigenvalue weighted by Crippen LogP contribution is 2.29. The van der Waals surface area contributed by atoms with Crippen LogP contribution in [0, 0.1) is 0 Å². The predicted molar refractivity (Wildman–Crippen MR) is 114 cm³/mol. The minimum absolute atomic E-state index is 0.00922. The van der Waals surface area contributed by atoms with Crippen molar-refractivity contribution in [3.8, 4) is 0 Å². The molecule has 1 saturated heterocycles. The number of urea groups is 1. The number of piperidine rings is 1. The number of rotatable bonds is 6. The minimum Gasteiger partial charge on any atom is -0.336 e. The van der Waals surface area contributed by atoms with Crippen LogP contribution in [0.4, 0.5) is 4.79 Å². The number of sulfone groups is 1. The fraction of sp³-hybridized carbons (Fsp3) is 0.455. The van der Waals surface area contributed by atoms with E-state index in [1.807, 2.05) is 12.1 Å². The van der Waals surface area contributed by atoms with Crippen LogP contribution in [0.3, 0.4) is 0 Å². The SMILES string of the molecule is CC(C)c1ccc(S(=O)(=O)[C@@H](CNC(=O)N2CCCCC2)c2cccnc2)cc1. The highest BCUT2D eigenvalue weighted by Gasteiger charge is 2.30. The molecular formula is C22H29N3O3S. The number of carbonyl (C=O) groups is 1. The van der Waals surface area contributed by atoms with E-state index in [0.717, 1.165) is 24.8 Å². The number of nitrogens with one attached hydrogen (secondary N) is 1. The Morgan fingerprint density at radius 3 is 2.34 bits per heavy atom. The van der Waals surface area contributed by atoms with E-state index in [4.69, 9.17) is 0 Å². The van der Waals surface area contributed by atoms with Gasteiger partial charge >= 0.3 is 6.03 Å². The summed E-state index contributed by atoms with van der Waals surface area (Å²) in [6, 6.07) is 10.3. The molecule has 0 bridgehead atoms. The second-order valence-corrected chi connectivity index (χ2v) is 9.91. The van der Waals surface area contributed by atoms with Crippen molar-refractivity contribution in [2.24, 2.45) is 0 Å². The molecule has 2 amide bonds. The first-order valence-electron chi connectivity index (χ1n) is 10.2. The van der Waals surface area contributed by atoms with Gasteiger partial charge in [-0.1, -0.05) is 32.0 Å². The molecular weight excluding hydrogens is 386 g/mol. The highest BCUT2D eigenvalue weighted by atomic mass is 32.2. The second kappa shape index (κ2) is 9.39. The fourth-order valence-electron chi connectivity index (χ4n) is 3.57. The lowest BCUT2D eigenvalue weighted by atomic mass is 10.0. The lowest BCUT2D eigenvalue weighted by Crippen LogP contribution is -2.44. The zero-order valence-electron chi connectivity index (χ0n) is 17.0. The number of nitrogens with zero attached hydrogens (tertiary/aromatic N) is 2. The van der Waals surface area contributed by atoms with Crippen LogP contribution in [0.1, 0.15) is 55.4 Å². The Morgan fingerprint density at radius 1 is 1.07 bits per heavy atom. The molecule has 2 aromatic rings. The predicted octanol–water partition coefficient (Wildman–Crippen LogP) is 3.92. The molecule has 1 fully saturated rings. The van der Waals surface area contributed by atoms with Gasteiger partial charge in [0.05, 0.1) is 4.90 Å². The molecule has 1 aromatic heterocycles. The fourth-order valence-corrected chi connectivity index (χ4v) is 5.21. The molecule has 29 heavy (non-hydrogen) atoms. The smallest absolute Gasteiger partial charge is 0.317 e. The van der Waals surface area contributed by atoms with E-state index >= 15 is 0 Å². The van der Waals surface area contributed by atoms with Crippen molar-refractivity contribution in [2.45, 2.75) is 49.2 Å². The summed E-state index contributed by atoms with van der Waals surface area (Å²) in [5, 5.41) is 1.94. The third-order valence-corrected chi connectivity index (χ3v) is 7.51. The van der Waals surface area contributed by atoms with Gasteiger partial charge in [0.25, 0.3) is 0 Å². The first kappa shape index (κ1) is 21.3. The van der Waals surface area contributed by atoms with Crippen LogP contribution in [0.2, 0.25) is 0 Å². The summed E-state index contributed by atoms with van der Waals surface area (Å²) in [5.41, 5.74) is 1.65. The second-order valence-electron chi connectivity index (χ2n) is 7.78. The molecule has 0 radical (unpaired) electrons. The molecule has 1 aliphatic rings. The van der Waals surface area contributed by atoms with Gasteiger partial charge in [-0.2, -0.15) is 0 Å². The van der Waals surface area contributed by atoms with Crippen LogP contribution < -0.4 is 5.32 Å². The van der Waals surface area contributed by atoms with Gasteiger partial charge in [-0.25, -0.2) is 13.2 Å². The number of likely N-dealkylation sites (tertiary alicyclic amines) is 1. The molecule has 1 aromatic carbocycles. The molecule has 156 valence electrons. The zero-order valence-corrected chi connectivity index (χ0v) is 17.9. The Hall–Kier alpha value is -2.41. The topological polar surface area (TPSA) is 79.4 Å². The van der Waals surface area contributed by atoms with Gasteiger partial charge in [-0.05, 0) is 54.5 Å². The van der Waals surface area contributed by atoms with Gasteiger partial charge < -0.3 is 10.2 Å². The van der Waals surface area contributed by atoms with Crippen LogP contribution in [0.25, 0.3) is 0 Å². The van der Waals surface area contributed by atoms with Crippen LogP contribution in [0.15, 0.2) is 53.7 Å². The van der Waals surface area contributed by atoms with E-state index in [1.165, 1.54) is 0 Å². The molecule has 1 aliphatic heterocycles. The van der Waals surface area contributed by atoms with Crippen molar-refractivity contribution >= 4 is 15.9 Å². The third kappa shape index (κ3) is 5.15. The first-order chi connectivity index (χ1) is 13.9. The monoisotopic (exact) mass is 415 g/mol. The number of benzene rings is 1. The van der Waals surface area contributed by atoms with E-state index in [1.54, 1.807) is 41.6 Å². The van der Waals surface area contributed by atoms with E-state index in [9.17, 15) is 13.2 Å². The number of carbonyl (C=O) groups excluding carboxylic acids is 1. The summed E-state index contributed by atoms with van der Waals surface area (Å²) in [4.78, 5) is 18.6. The summed E-state index contributed by atoms with van der Waals surface area (Å²) < 4.78 is 26.8. The average molecular weight is 416 g/mol. The quantitative estimate of drug-likeness (QED) is 0.776. The van der Waals surface area contributed by atoms with Crippen molar-refractivity contribution in [3.05, 3.63) is 59.9 Å². The Bertz CT molecular complexity index is 906. The molecule has 0 saturated carbocycles. The van der Waals surface area contributed by atoms with E-state index in [2.05, 4.69) is 24.1 Å². The van der Waals surface area contributed by atoms with E-state index in [0.29, 0.717) is 24.6 Å². The standard InChI is InChI=1S/C22H29N3O3S/c1-17(2)18-8-10-20(11-9-18)29(27,28)21(19-7-6-12-23-15-19)16-24-22(26)25-13-4-3-5-14-25/h6-12,15,17,21H,3-5,13-14,16H2,1-2H3,(H,24,26)/t21-/m0/s1. The Kier molecular flexibility index (Phi) is 6.90. The zero-order chi connectivity index (χ0) is 20.9. The van der Waals surface area contributed by atoms with Gasteiger partial charge in [0.2, 0.25) is 0 Å². The van der Waals surface area contributed by atoms with E-state index < -0.39 is 15.1 Å². The van der Waals surface area contributed by atoms with Crippen LogP contribution in [-0.2, 0) is 9.84 Å². The molecule has 0 spiro atoms. The van der Waals surface area contributed by atoms with Crippen molar-refractivity contribution in [1.82, 2.24) is 15.2 Å². The Morgan fingerprint density at radius 2 is 1.76 bits per heavy atom. The molecule has 6 nitrogen and oxygen atoms in total. The molecule has 7 heteroatoms. The normalized spacial score (nSPS) is 15.9. The molecule has 1 atom stereocenters. The maximum absolute atomic E-state index is 13.4. The van der Waals surface area contributed by atoms with Crippen molar-refractivity contribution in [3.63, 3.8) is 0 Å². The number of aromatic nitrogens is 1. The molecule has 3 rings (SSSR count). The van der Waals surface area contributed by atoms with Crippen molar-refractivity contribution in [1.29, 1.82) is 0 Å². The lowest BCUT2D eigenvalue weighted by Gasteiger charge is -2.28. The van der Waals surface area contributed by atoms with E-state index in [-0.39, 0.29) is 17.5 Å². The number of pyridine rings is 1. The largest absolute Gasteiger partial charge is 0.336 e. The summed E-state index contributed by atoms with van der Waals surface area (Å²) in [6.07, 6.45) is 6.26. The molecule has 2 heterocycles. The van der Waals surface area contributed by atoms with Gasteiger partial charge in [-0.3, -0.25) is 4.98 Å². The van der Waals surface area contributed by atoms with Crippen LogP contribution >= 0.6 is 0 Å². The summed E-state index contributed by atoms with van der Waals surface area (Å²) >= 11 is 0. The molecule has 0 aliphatic carbocycles. The van der Waals surface area contributed by atoms with Gasteiger partial charge in [0.15, 0.2) is 9.84 Å². The van der Waals surface area contributed by atoms with Crippen LogP contribution in [0.5, 0.6) is 0 Å². The molecule has 1 N–H and O–H groups in total. The first-order valence-corrected chi connectivity index (χ1v) is 11.7. The number of hydrogen-bond donors (Lipinski definition) is 1. The number of amides is 2.